The second-order valence-corrected chi connectivity index (χ2v) is 3.16. The summed E-state index contributed by atoms with van der Waals surface area (Å²) in [6, 6.07) is 0. The van der Waals surface area contributed by atoms with Gasteiger partial charge >= 0.3 is 5.97 Å². The first-order valence-corrected chi connectivity index (χ1v) is 4.59. The number of hydrogen-bond donors (Lipinski definition) is 2. The summed E-state index contributed by atoms with van der Waals surface area (Å²) in [5.74, 6) is -1.30. The maximum absolute atomic E-state index is 10.8. The van der Waals surface area contributed by atoms with Crippen LogP contribution in [0, 0.1) is 5.92 Å². The quantitative estimate of drug-likeness (QED) is 0.650. The molecule has 0 saturated carbocycles. The third-order valence-corrected chi connectivity index (χ3v) is 1.95. The van der Waals surface area contributed by atoms with Gasteiger partial charge in [0, 0.05) is 24.6 Å². The lowest BCUT2D eigenvalue weighted by molar-refractivity contribution is -0.138. The summed E-state index contributed by atoms with van der Waals surface area (Å²) < 4.78 is 0. The zero-order valence-corrected chi connectivity index (χ0v) is 8.30. The Labute approximate surface area is 82.4 Å². The molecule has 13 heavy (non-hydrogen) atoms. The second kappa shape index (κ2) is 6.71. The second-order valence-electron chi connectivity index (χ2n) is 2.97. The highest BCUT2D eigenvalue weighted by molar-refractivity contribution is 6.21. The molecule has 0 aliphatic carbocycles. The van der Waals surface area contributed by atoms with Crippen LogP contribution in [0.15, 0.2) is 0 Å². The number of halogens is 1. The van der Waals surface area contributed by atoms with Crippen LogP contribution in [0.2, 0.25) is 0 Å². The number of rotatable bonds is 6. The normalized spacial score (nSPS) is 12.2. The van der Waals surface area contributed by atoms with Crippen LogP contribution in [0.1, 0.15) is 32.6 Å². The van der Waals surface area contributed by atoms with E-state index in [1.807, 2.05) is 11.8 Å². The molecule has 0 fully saturated rings. The van der Waals surface area contributed by atoms with Crippen molar-refractivity contribution in [3.8, 4) is 0 Å². The summed E-state index contributed by atoms with van der Waals surface area (Å²) >= 11 is 5.09. The van der Waals surface area contributed by atoms with E-state index >= 15 is 0 Å². The molecule has 0 aliphatic heterocycles. The van der Waals surface area contributed by atoms with Gasteiger partial charge in [-0.2, -0.15) is 0 Å². The van der Waals surface area contributed by atoms with E-state index < -0.39 is 5.97 Å². The summed E-state index contributed by atoms with van der Waals surface area (Å²) in [6.45, 7) is 1.95. The SMILES string of the molecule is CCCC(CC(=O)O)CC(=O)NCl. The third-order valence-electron chi connectivity index (χ3n) is 1.74. The minimum atomic E-state index is -0.874. The molecule has 76 valence electrons. The molecule has 1 atom stereocenters. The van der Waals surface area contributed by atoms with Crippen molar-refractivity contribution in [1.82, 2.24) is 4.84 Å². The van der Waals surface area contributed by atoms with Crippen LogP contribution in [0.4, 0.5) is 0 Å². The number of nitrogens with one attached hydrogen (secondary N) is 1. The largest absolute Gasteiger partial charge is 0.481 e. The average molecular weight is 208 g/mol. The number of carboxylic acids is 1. The third kappa shape index (κ3) is 6.40. The van der Waals surface area contributed by atoms with Crippen molar-refractivity contribution in [2.24, 2.45) is 5.92 Å². The Bertz CT molecular complexity index is 184. The molecule has 5 heteroatoms. The summed E-state index contributed by atoms with van der Waals surface area (Å²) in [6.07, 6.45) is 1.81. The summed E-state index contributed by atoms with van der Waals surface area (Å²) in [5.41, 5.74) is 0. The molecular formula is C8H14ClNO3. The highest BCUT2D eigenvalue weighted by atomic mass is 35.5. The topological polar surface area (TPSA) is 66.4 Å². The van der Waals surface area contributed by atoms with E-state index in [9.17, 15) is 9.59 Å². The minimum Gasteiger partial charge on any atom is -0.481 e. The van der Waals surface area contributed by atoms with E-state index in [2.05, 4.69) is 0 Å². The fourth-order valence-electron chi connectivity index (χ4n) is 1.23. The first-order valence-electron chi connectivity index (χ1n) is 4.21. The van der Waals surface area contributed by atoms with Crippen molar-refractivity contribution >= 4 is 23.7 Å². The molecule has 2 N–H and O–H groups in total. The molecule has 0 bridgehead atoms. The van der Waals surface area contributed by atoms with Gasteiger partial charge in [0.2, 0.25) is 5.91 Å². The van der Waals surface area contributed by atoms with Crippen LogP contribution in [0.3, 0.4) is 0 Å². The Morgan fingerprint density at radius 3 is 2.46 bits per heavy atom. The van der Waals surface area contributed by atoms with Gasteiger partial charge in [0.1, 0.15) is 0 Å². The molecule has 1 unspecified atom stereocenters. The number of carbonyl (C=O) groups is 2. The lowest BCUT2D eigenvalue weighted by Gasteiger charge is -2.11. The smallest absolute Gasteiger partial charge is 0.303 e. The van der Waals surface area contributed by atoms with Crippen molar-refractivity contribution in [3.05, 3.63) is 0 Å². The minimum absolute atomic E-state index is 0.0259. The Morgan fingerprint density at radius 2 is 2.08 bits per heavy atom. The van der Waals surface area contributed by atoms with Gasteiger partial charge in [-0.05, 0) is 12.3 Å². The Kier molecular flexibility index (Phi) is 6.32. The van der Waals surface area contributed by atoms with E-state index in [1.54, 1.807) is 0 Å². The predicted octanol–water partition coefficient (Wildman–Crippen LogP) is 1.54. The van der Waals surface area contributed by atoms with Gasteiger partial charge in [-0.3, -0.25) is 14.4 Å². The van der Waals surface area contributed by atoms with Gasteiger partial charge in [0.25, 0.3) is 0 Å². The van der Waals surface area contributed by atoms with Gasteiger partial charge < -0.3 is 5.11 Å². The van der Waals surface area contributed by atoms with Crippen LogP contribution in [-0.4, -0.2) is 17.0 Å². The fourth-order valence-corrected chi connectivity index (χ4v) is 1.31. The maximum atomic E-state index is 10.8. The molecule has 0 saturated heterocycles. The van der Waals surface area contributed by atoms with E-state index in [4.69, 9.17) is 16.9 Å². The molecule has 0 aliphatic rings. The average Bonchev–Trinajstić information content (AvgIpc) is 2.03. The van der Waals surface area contributed by atoms with E-state index in [-0.39, 0.29) is 24.7 Å². The zero-order valence-electron chi connectivity index (χ0n) is 7.55. The van der Waals surface area contributed by atoms with Crippen LogP contribution in [0.5, 0.6) is 0 Å². The molecule has 1 amide bonds. The van der Waals surface area contributed by atoms with Crippen molar-refractivity contribution in [3.63, 3.8) is 0 Å². The fraction of sp³-hybridized carbons (Fsp3) is 0.750. The number of carboxylic acid groups (broad SMARTS) is 1. The molecule has 0 spiro atoms. The number of hydrogen-bond acceptors (Lipinski definition) is 2. The van der Waals surface area contributed by atoms with E-state index in [1.165, 1.54) is 0 Å². The van der Waals surface area contributed by atoms with Gasteiger partial charge in [-0.25, -0.2) is 0 Å². The molecule has 4 nitrogen and oxygen atoms in total. The number of amides is 1. The summed E-state index contributed by atoms with van der Waals surface area (Å²) in [5, 5.41) is 8.53. The Balaban J connectivity index is 3.93. The highest BCUT2D eigenvalue weighted by Gasteiger charge is 2.15. The first kappa shape index (κ1) is 12.2. The monoisotopic (exact) mass is 207 g/mol. The van der Waals surface area contributed by atoms with Crippen LogP contribution in [0.25, 0.3) is 0 Å². The van der Waals surface area contributed by atoms with E-state index in [0.717, 1.165) is 12.8 Å². The van der Waals surface area contributed by atoms with Crippen molar-refractivity contribution < 1.29 is 14.7 Å². The van der Waals surface area contributed by atoms with Crippen LogP contribution in [-0.2, 0) is 9.59 Å². The van der Waals surface area contributed by atoms with Crippen LogP contribution < -0.4 is 4.84 Å². The lowest BCUT2D eigenvalue weighted by atomic mass is 9.96. The van der Waals surface area contributed by atoms with Gasteiger partial charge in [0.05, 0.1) is 0 Å². The van der Waals surface area contributed by atoms with Gasteiger partial charge in [-0.1, -0.05) is 13.3 Å². The molecular weight excluding hydrogens is 194 g/mol. The summed E-state index contributed by atoms with van der Waals surface area (Å²) in [7, 11) is 0. The van der Waals surface area contributed by atoms with Crippen molar-refractivity contribution in [2.75, 3.05) is 0 Å². The van der Waals surface area contributed by atoms with E-state index in [0.29, 0.717) is 0 Å². The number of carbonyl (C=O) groups excluding carboxylic acids is 1. The molecule has 0 aromatic rings. The zero-order chi connectivity index (χ0) is 10.3. The number of aliphatic carboxylic acids is 1. The Hall–Kier alpha value is -0.770. The molecule has 0 aromatic carbocycles. The first-order chi connectivity index (χ1) is 6.10. The van der Waals surface area contributed by atoms with Crippen LogP contribution >= 0.6 is 11.8 Å². The molecule has 0 radical (unpaired) electrons. The molecule has 0 heterocycles. The van der Waals surface area contributed by atoms with Gasteiger partial charge in [-0.15, -0.1) is 0 Å². The molecule has 0 rings (SSSR count). The standard InChI is InChI=1S/C8H14ClNO3/c1-2-3-6(5-8(12)13)4-7(11)10-9/h6H,2-5H2,1H3,(H,10,11)(H,12,13). The van der Waals surface area contributed by atoms with Crippen molar-refractivity contribution in [2.45, 2.75) is 32.6 Å². The Morgan fingerprint density at radius 1 is 1.46 bits per heavy atom. The highest BCUT2D eigenvalue weighted by Crippen LogP contribution is 2.15. The predicted molar refractivity (Wildman–Crippen MR) is 49.3 cm³/mol. The molecule has 0 aromatic heterocycles. The lowest BCUT2D eigenvalue weighted by Crippen LogP contribution is -2.19. The summed E-state index contributed by atoms with van der Waals surface area (Å²) in [4.78, 5) is 23.2. The van der Waals surface area contributed by atoms with Crippen molar-refractivity contribution in [1.29, 1.82) is 0 Å². The van der Waals surface area contributed by atoms with Gasteiger partial charge in [0.15, 0.2) is 0 Å². The maximum Gasteiger partial charge on any atom is 0.303 e.